The van der Waals surface area contributed by atoms with Crippen molar-refractivity contribution in [2.24, 2.45) is 5.92 Å². The molecule has 2 aliphatic rings. The molecule has 4 rings (SSSR count). The lowest BCUT2D eigenvalue weighted by Crippen LogP contribution is -2.44. The highest BCUT2D eigenvalue weighted by atomic mass is 16.5. The maximum absolute atomic E-state index is 13.2. The second-order valence-electron chi connectivity index (χ2n) is 9.73. The monoisotopic (exact) mass is 461 g/mol. The van der Waals surface area contributed by atoms with Crippen molar-refractivity contribution in [1.29, 1.82) is 5.41 Å². The van der Waals surface area contributed by atoms with Crippen LogP contribution < -0.4 is 5.32 Å². The van der Waals surface area contributed by atoms with Crippen LogP contribution in [0, 0.1) is 11.3 Å². The molecule has 180 valence electrons. The van der Waals surface area contributed by atoms with E-state index in [2.05, 4.69) is 18.3 Å². The first-order valence-corrected chi connectivity index (χ1v) is 12.3. The molecular formula is C28H35N3O3. The Hall–Kier alpha value is -2.99. The summed E-state index contributed by atoms with van der Waals surface area (Å²) in [5, 5.41) is 11.3. The minimum atomic E-state index is -0.119. The first kappa shape index (κ1) is 24.1. The topological polar surface area (TPSA) is 82.5 Å². The Morgan fingerprint density at radius 3 is 2.50 bits per heavy atom. The van der Waals surface area contributed by atoms with Gasteiger partial charge in [0, 0.05) is 49.0 Å². The zero-order valence-corrected chi connectivity index (χ0v) is 20.4. The Morgan fingerprint density at radius 1 is 1.15 bits per heavy atom. The molecule has 1 heterocycles. The summed E-state index contributed by atoms with van der Waals surface area (Å²) in [6.07, 6.45) is 4.97. The van der Waals surface area contributed by atoms with E-state index in [1.807, 2.05) is 48.2 Å². The molecule has 1 saturated carbocycles. The predicted octanol–water partition coefficient (Wildman–Crippen LogP) is 4.72. The highest BCUT2D eigenvalue weighted by Gasteiger charge is 2.30. The van der Waals surface area contributed by atoms with Gasteiger partial charge in [-0.15, -0.1) is 0 Å². The standard InChI is InChI=1S/C28H35N3O3/c1-18(17-34-3)30-27(32)22-9-7-20(8-10-22)23-11-12-25-24(16-23)13-14-31(28(25)33)19(2)15-26(29)21-5-4-6-21/h7-12,16,18-19,21,29H,4-6,13-15,17H2,1-3H3,(H,30,32)/t18-,19+/m0/s1. The average molecular weight is 462 g/mol. The third kappa shape index (κ3) is 5.22. The number of hydrogen-bond donors (Lipinski definition) is 2. The van der Waals surface area contributed by atoms with E-state index in [0.717, 1.165) is 47.2 Å². The SMILES string of the molecule is COC[C@H](C)NC(=O)c1ccc(-c2ccc3c(c2)CCN([C@H](C)CC(=N)C2CCC2)C3=O)cc1. The van der Waals surface area contributed by atoms with Gasteiger partial charge in [-0.3, -0.25) is 9.59 Å². The largest absolute Gasteiger partial charge is 0.383 e. The van der Waals surface area contributed by atoms with Crippen LogP contribution in [0.5, 0.6) is 0 Å². The molecule has 0 unspecified atom stereocenters. The molecule has 2 aromatic carbocycles. The highest BCUT2D eigenvalue weighted by Crippen LogP contribution is 2.31. The zero-order chi connectivity index (χ0) is 24.2. The van der Waals surface area contributed by atoms with Crippen molar-refractivity contribution in [3.8, 4) is 11.1 Å². The van der Waals surface area contributed by atoms with Crippen LogP contribution in [0.4, 0.5) is 0 Å². The van der Waals surface area contributed by atoms with Gasteiger partial charge in [-0.2, -0.15) is 0 Å². The van der Waals surface area contributed by atoms with E-state index in [4.69, 9.17) is 10.1 Å². The van der Waals surface area contributed by atoms with Crippen LogP contribution >= 0.6 is 0 Å². The van der Waals surface area contributed by atoms with E-state index in [1.54, 1.807) is 7.11 Å². The smallest absolute Gasteiger partial charge is 0.254 e. The average Bonchev–Trinajstić information content (AvgIpc) is 2.78. The summed E-state index contributed by atoms with van der Waals surface area (Å²) in [6, 6.07) is 13.6. The summed E-state index contributed by atoms with van der Waals surface area (Å²) in [4.78, 5) is 27.5. The van der Waals surface area contributed by atoms with Crippen LogP contribution in [-0.2, 0) is 11.2 Å². The maximum atomic E-state index is 13.2. The lowest BCUT2D eigenvalue weighted by atomic mass is 9.79. The zero-order valence-electron chi connectivity index (χ0n) is 20.4. The third-order valence-electron chi connectivity index (χ3n) is 7.14. The van der Waals surface area contributed by atoms with Crippen LogP contribution in [0.2, 0.25) is 0 Å². The minimum Gasteiger partial charge on any atom is -0.383 e. The number of benzene rings is 2. The molecular weight excluding hydrogens is 426 g/mol. The highest BCUT2D eigenvalue weighted by molar-refractivity contribution is 5.98. The first-order valence-electron chi connectivity index (χ1n) is 12.3. The first-order chi connectivity index (χ1) is 16.4. The molecule has 2 atom stereocenters. The molecule has 1 aliphatic heterocycles. The van der Waals surface area contributed by atoms with Gasteiger partial charge in [0.15, 0.2) is 0 Å². The van der Waals surface area contributed by atoms with Gasteiger partial charge in [0.1, 0.15) is 0 Å². The van der Waals surface area contributed by atoms with Crippen molar-refractivity contribution in [1.82, 2.24) is 10.2 Å². The number of ether oxygens (including phenoxy) is 1. The molecule has 1 fully saturated rings. The lowest BCUT2D eigenvalue weighted by Gasteiger charge is -2.36. The van der Waals surface area contributed by atoms with Crippen LogP contribution in [0.1, 0.15) is 65.8 Å². The molecule has 2 N–H and O–H groups in total. The van der Waals surface area contributed by atoms with Gasteiger partial charge in [0.2, 0.25) is 0 Å². The molecule has 2 aromatic rings. The molecule has 6 nitrogen and oxygen atoms in total. The number of fused-ring (bicyclic) bond motifs is 1. The molecule has 0 aromatic heterocycles. The fraction of sp³-hybridized carbons (Fsp3) is 0.464. The Balaban J connectivity index is 1.42. The number of carbonyl (C=O) groups is 2. The summed E-state index contributed by atoms with van der Waals surface area (Å²) >= 11 is 0. The molecule has 2 amide bonds. The summed E-state index contributed by atoms with van der Waals surface area (Å²) in [5.74, 6) is 0.383. The van der Waals surface area contributed by atoms with Crippen molar-refractivity contribution in [2.45, 2.75) is 58.0 Å². The molecule has 6 heteroatoms. The van der Waals surface area contributed by atoms with Crippen molar-refractivity contribution in [3.63, 3.8) is 0 Å². The van der Waals surface area contributed by atoms with Gasteiger partial charge in [0.05, 0.1) is 6.61 Å². The molecule has 34 heavy (non-hydrogen) atoms. The van der Waals surface area contributed by atoms with Gasteiger partial charge >= 0.3 is 0 Å². The van der Waals surface area contributed by atoms with Crippen molar-refractivity contribution >= 4 is 17.5 Å². The number of rotatable bonds is 9. The van der Waals surface area contributed by atoms with Gasteiger partial charge in [0.25, 0.3) is 11.8 Å². The van der Waals surface area contributed by atoms with Gasteiger partial charge < -0.3 is 20.4 Å². The number of nitrogens with zero attached hydrogens (tertiary/aromatic N) is 1. The van der Waals surface area contributed by atoms with Crippen molar-refractivity contribution < 1.29 is 14.3 Å². The molecule has 0 spiro atoms. The molecule has 0 radical (unpaired) electrons. The summed E-state index contributed by atoms with van der Waals surface area (Å²) < 4.78 is 5.07. The van der Waals surface area contributed by atoms with E-state index in [1.165, 1.54) is 6.42 Å². The molecule has 1 aliphatic carbocycles. The van der Waals surface area contributed by atoms with E-state index in [0.29, 0.717) is 31.1 Å². The number of amides is 2. The van der Waals surface area contributed by atoms with Crippen LogP contribution in [0.15, 0.2) is 42.5 Å². The summed E-state index contributed by atoms with van der Waals surface area (Å²) in [5.41, 5.74) is 5.30. The fourth-order valence-corrected chi connectivity index (χ4v) is 4.87. The van der Waals surface area contributed by atoms with Gasteiger partial charge in [-0.05, 0) is 73.9 Å². The Labute approximate surface area is 202 Å². The third-order valence-corrected chi connectivity index (χ3v) is 7.14. The normalized spacial score (nSPS) is 17.5. The lowest BCUT2D eigenvalue weighted by molar-refractivity contribution is 0.0678. The van der Waals surface area contributed by atoms with Crippen molar-refractivity contribution in [2.75, 3.05) is 20.3 Å². The van der Waals surface area contributed by atoms with E-state index in [9.17, 15) is 9.59 Å². The second-order valence-corrected chi connectivity index (χ2v) is 9.73. The summed E-state index contributed by atoms with van der Waals surface area (Å²) in [6.45, 7) is 5.13. The molecule has 0 saturated heterocycles. The Morgan fingerprint density at radius 2 is 1.85 bits per heavy atom. The number of carbonyl (C=O) groups excluding carboxylic acids is 2. The van der Waals surface area contributed by atoms with E-state index < -0.39 is 0 Å². The number of hydrogen-bond acceptors (Lipinski definition) is 4. The number of methoxy groups -OCH3 is 1. The number of nitrogens with one attached hydrogen (secondary N) is 2. The van der Waals surface area contributed by atoms with Crippen LogP contribution in [-0.4, -0.2) is 54.8 Å². The predicted molar refractivity (Wildman–Crippen MR) is 135 cm³/mol. The van der Waals surface area contributed by atoms with E-state index in [-0.39, 0.29) is 23.9 Å². The second kappa shape index (κ2) is 10.5. The van der Waals surface area contributed by atoms with Crippen molar-refractivity contribution in [3.05, 3.63) is 59.2 Å². The van der Waals surface area contributed by atoms with Crippen LogP contribution in [0.25, 0.3) is 11.1 Å². The fourth-order valence-electron chi connectivity index (χ4n) is 4.87. The van der Waals surface area contributed by atoms with E-state index >= 15 is 0 Å². The minimum absolute atomic E-state index is 0.0542. The quantitative estimate of drug-likeness (QED) is 0.530. The maximum Gasteiger partial charge on any atom is 0.254 e. The summed E-state index contributed by atoms with van der Waals surface area (Å²) in [7, 11) is 1.61. The van der Waals surface area contributed by atoms with Gasteiger partial charge in [-0.1, -0.05) is 30.7 Å². The Kier molecular flexibility index (Phi) is 7.47. The Bertz CT molecular complexity index is 1060. The van der Waals surface area contributed by atoms with Crippen LogP contribution in [0.3, 0.4) is 0 Å². The molecule has 0 bridgehead atoms. The van der Waals surface area contributed by atoms with Gasteiger partial charge in [-0.25, -0.2) is 0 Å².